The van der Waals surface area contributed by atoms with E-state index >= 15 is 0 Å². The van der Waals surface area contributed by atoms with Gasteiger partial charge < -0.3 is 5.11 Å². The Balaban J connectivity index is 2.41. The second kappa shape index (κ2) is 5.73. The third kappa shape index (κ3) is 2.79. The molecular weight excluding hydrogens is 260 g/mol. The SMILES string of the molecule is CCCc1ccc(C(=O)O)cc1N1CCC(=O)NC1=O. The van der Waals surface area contributed by atoms with Gasteiger partial charge in [0, 0.05) is 18.7 Å². The standard InChI is InChI=1S/C14H16N2O4/c1-2-3-9-4-5-10(13(18)19)8-11(9)16-7-6-12(17)15-14(16)20/h4-5,8H,2-3,6-7H2,1H3,(H,18,19)(H,15,17,20). The number of nitrogens with zero attached hydrogens (tertiary/aromatic N) is 1. The van der Waals surface area contributed by atoms with E-state index < -0.39 is 12.0 Å². The van der Waals surface area contributed by atoms with Crippen LogP contribution in [0, 0.1) is 0 Å². The van der Waals surface area contributed by atoms with E-state index in [2.05, 4.69) is 5.32 Å². The topological polar surface area (TPSA) is 86.7 Å². The number of nitrogens with one attached hydrogen (secondary N) is 1. The molecule has 2 N–H and O–H groups in total. The summed E-state index contributed by atoms with van der Waals surface area (Å²) in [5, 5.41) is 11.3. The molecule has 1 aromatic carbocycles. The first kappa shape index (κ1) is 14.0. The first-order chi connectivity index (χ1) is 9.52. The summed E-state index contributed by atoms with van der Waals surface area (Å²) >= 11 is 0. The number of anilines is 1. The van der Waals surface area contributed by atoms with Crippen LogP contribution in [-0.2, 0) is 11.2 Å². The molecule has 1 fully saturated rings. The molecule has 0 spiro atoms. The van der Waals surface area contributed by atoms with Gasteiger partial charge in [-0.1, -0.05) is 19.4 Å². The van der Waals surface area contributed by atoms with E-state index in [-0.39, 0.29) is 24.4 Å². The summed E-state index contributed by atoms with van der Waals surface area (Å²) in [6.07, 6.45) is 1.84. The molecule has 1 aliphatic heterocycles. The van der Waals surface area contributed by atoms with Gasteiger partial charge in [0.2, 0.25) is 5.91 Å². The van der Waals surface area contributed by atoms with Gasteiger partial charge >= 0.3 is 12.0 Å². The third-order valence-electron chi connectivity index (χ3n) is 3.20. The van der Waals surface area contributed by atoms with E-state index in [1.807, 2.05) is 6.92 Å². The zero-order valence-corrected chi connectivity index (χ0v) is 11.2. The molecular formula is C14H16N2O4. The zero-order chi connectivity index (χ0) is 14.7. The summed E-state index contributed by atoms with van der Waals surface area (Å²) in [7, 11) is 0. The molecule has 0 saturated carbocycles. The highest BCUT2D eigenvalue weighted by molar-refractivity contribution is 6.06. The van der Waals surface area contributed by atoms with Crippen LogP contribution in [-0.4, -0.2) is 29.6 Å². The summed E-state index contributed by atoms with van der Waals surface area (Å²) in [5.74, 6) is -1.35. The molecule has 0 aliphatic carbocycles. The predicted octanol–water partition coefficient (Wildman–Crippen LogP) is 1.78. The molecule has 20 heavy (non-hydrogen) atoms. The number of aromatic carboxylic acids is 1. The fourth-order valence-corrected chi connectivity index (χ4v) is 2.22. The number of hydrogen-bond donors (Lipinski definition) is 2. The normalized spacial score (nSPS) is 15.2. The first-order valence-corrected chi connectivity index (χ1v) is 6.50. The molecule has 0 unspecified atom stereocenters. The molecule has 3 amide bonds. The van der Waals surface area contributed by atoms with Gasteiger partial charge in [-0.15, -0.1) is 0 Å². The van der Waals surface area contributed by atoms with E-state index in [1.54, 1.807) is 6.07 Å². The molecule has 6 heteroatoms. The molecule has 0 atom stereocenters. The van der Waals surface area contributed by atoms with Crippen molar-refractivity contribution in [2.45, 2.75) is 26.2 Å². The molecule has 1 aromatic rings. The molecule has 106 valence electrons. The Hall–Kier alpha value is -2.37. The minimum Gasteiger partial charge on any atom is -0.478 e. The lowest BCUT2D eigenvalue weighted by atomic mass is 10.0. The fraction of sp³-hybridized carbons (Fsp3) is 0.357. The Bertz CT molecular complexity index is 568. The highest BCUT2D eigenvalue weighted by Crippen LogP contribution is 2.25. The molecule has 0 radical (unpaired) electrons. The van der Waals surface area contributed by atoms with Crippen molar-refractivity contribution in [1.82, 2.24) is 5.32 Å². The van der Waals surface area contributed by atoms with Crippen molar-refractivity contribution in [2.75, 3.05) is 11.4 Å². The van der Waals surface area contributed by atoms with Gasteiger partial charge in [0.15, 0.2) is 0 Å². The van der Waals surface area contributed by atoms with Crippen molar-refractivity contribution < 1.29 is 19.5 Å². The second-order valence-corrected chi connectivity index (χ2v) is 4.65. The number of carboxylic acids is 1. The molecule has 6 nitrogen and oxygen atoms in total. The quantitative estimate of drug-likeness (QED) is 0.877. The van der Waals surface area contributed by atoms with Crippen LogP contribution in [0.2, 0.25) is 0 Å². The Labute approximate surface area is 116 Å². The van der Waals surface area contributed by atoms with Crippen molar-refractivity contribution in [2.24, 2.45) is 0 Å². The maximum Gasteiger partial charge on any atom is 0.335 e. The number of amides is 3. The average molecular weight is 276 g/mol. The largest absolute Gasteiger partial charge is 0.478 e. The molecule has 0 aromatic heterocycles. The molecule has 1 saturated heterocycles. The number of hydrogen-bond acceptors (Lipinski definition) is 3. The van der Waals surface area contributed by atoms with Crippen LogP contribution in [0.4, 0.5) is 10.5 Å². The second-order valence-electron chi connectivity index (χ2n) is 4.65. The lowest BCUT2D eigenvalue weighted by molar-refractivity contribution is -0.120. The van der Waals surface area contributed by atoms with Crippen LogP contribution in [0.3, 0.4) is 0 Å². The fourth-order valence-electron chi connectivity index (χ4n) is 2.22. The summed E-state index contributed by atoms with van der Waals surface area (Å²) in [6, 6.07) is 4.25. The van der Waals surface area contributed by atoms with Gasteiger partial charge in [0.05, 0.1) is 5.56 Å². The van der Waals surface area contributed by atoms with Crippen LogP contribution in [0.15, 0.2) is 18.2 Å². The summed E-state index contributed by atoms with van der Waals surface area (Å²) in [4.78, 5) is 35.6. The predicted molar refractivity (Wildman–Crippen MR) is 72.9 cm³/mol. The Morgan fingerprint density at radius 2 is 2.15 bits per heavy atom. The van der Waals surface area contributed by atoms with Crippen LogP contribution in [0.1, 0.15) is 35.7 Å². The van der Waals surface area contributed by atoms with Crippen molar-refractivity contribution in [3.05, 3.63) is 29.3 Å². The van der Waals surface area contributed by atoms with E-state index in [1.165, 1.54) is 17.0 Å². The zero-order valence-electron chi connectivity index (χ0n) is 11.2. The van der Waals surface area contributed by atoms with E-state index in [0.717, 1.165) is 18.4 Å². The molecule has 2 rings (SSSR count). The van der Waals surface area contributed by atoms with Gasteiger partial charge in [0.1, 0.15) is 0 Å². The number of urea groups is 1. The van der Waals surface area contributed by atoms with E-state index in [4.69, 9.17) is 5.11 Å². The van der Waals surface area contributed by atoms with Gasteiger partial charge in [0.25, 0.3) is 0 Å². The lowest BCUT2D eigenvalue weighted by Gasteiger charge is -2.28. The van der Waals surface area contributed by atoms with E-state index in [0.29, 0.717) is 5.69 Å². The average Bonchev–Trinajstić information content (AvgIpc) is 2.40. The summed E-state index contributed by atoms with van der Waals surface area (Å²) in [5.41, 5.74) is 1.60. The number of aryl methyl sites for hydroxylation is 1. The van der Waals surface area contributed by atoms with Crippen molar-refractivity contribution >= 4 is 23.6 Å². The van der Waals surface area contributed by atoms with Gasteiger partial charge in [-0.05, 0) is 24.1 Å². The smallest absolute Gasteiger partial charge is 0.335 e. The van der Waals surface area contributed by atoms with E-state index in [9.17, 15) is 14.4 Å². The minimum absolute atomic E-state index is 0.129. The van der Waals surface area contributed by atoms with Crippen molar-refractivity contribution in [1.29, 1.82) is 0 Å². The Kier molecular flexibility index (Phi) is 4.02. The van der Waals surface area contributed by atoms with Gasteiger partial charge in [-0.2, -0.15) is 0 Å². The van der Waals surface area contributed by atoms with Crippen molar-refractivity contribution in [3.8, 4) is 0 Å². The third-order valence-corrected chi connectivity index (χ3v) is 3.20. The number of imide groups is 1. The van der Waals surface area contributed by atoms with Crippen LogP contribution >= 0.6 is 0 Å². The Morgan fingerprint density at radius 3 is 2.75 bits per heavy atom. The summed E-state index contributed by atoms with van der Waals surface area (Å²) in [6.45, 7) is 2.28. The first-order valence-electron chi connectivity index (χ1n) is 6.50. The van der Waals surface area contributed by atoms with Gasteiger partial charge in [-0.25, -0.2) is 9.59 Å². The maximum atomic E-state index is 11.9. The maximum absolute atomic E-state index is 11.9. The number of carboxylic acid groups (broad SMARTS) is 1. The molecule has 1 heterocycles. The van der Waals surface area contributed by atoms with Crippen molar-refractivity contribution in [3.63, 3.8) is 0 Å². The number of benzene rings is 1. The highest BCUT2D eigenvalue weighted by Gasteiger charge is 2.26. The van der Waals surface area contributed by atoms with Crippen LogP contribution in [0.5, 0.6) is 0 Å². The monoisotopic (exact) mass is 276 g/mol. The number of rotatable bonds is 4. The minimum atomic E-state index is -1.04. The molecule has 0 bridgehead atoms. The number of carbonyl (C=O) groups excluding carboxylic acids is 2. The Morgan fingerprint density at radius 1 is 1.40 bits per heavy atom. The highest BCUT2D eigenvalue weighted by atomic mass is 16.4. The number of carbonyl (C=O) groups is 3. The van der Waals surface area contributed by atoms with Crippen LogP contribution in [0.25, 0.3) is 0 Å². The van der Waals surface area contributed by atoms with Crippen LogP contribution < -0.4 is 10.2 Å². The van der Waals surface area contributed by atoms with Gasteiger partial charge in [-0.3, -0.25) is 15.0 Å². The molecule has 1 aliphatic rings. The lowest BCUT2D eigenvalue weighted by Crippen LogP contribution is -2.50. The summed E-state index contributed by atoms with van der Waals surface area (Å²) < 4.78 is 0.